The molecule has 1 fully saturated rings. The van der Waals surface area contributed by atoms with Gasteiger partial charge in [0, 0.05) is 6.04 Å². The average Bonchev–Trinajstić information content (AvgIpc) is 2.64. The van der Waals surface area contributed by atoms with Crippen LogP contribution >= 0.6 is 0 Å². The first-order chi connectivity index (χ1) is 12.6. The zero-order valence-corrected chi connectivity index (χ0v) is 14.7. The van der Waals surface area contributed by atoms with Crippen LogP contribution in [0.4, 0.5) is 4.39 Å². The van der Waals surface area contributed by atoms with Gasteiger partial charge in [0.15, 0.2) is 12.4 Å². The first-order valence-corrected chi connectivity index (χ1v) is 8.71. The number of hydrogen-bond donors (Lipinski definition) is 1. The summed E-state index contributed by atoms with van der Waals surface area (Å²) in [6.07, 6.45) is 5.33. The number of rotatable bonds is 6. The van der Waals surface area contributed by atoms with Gasteiger partial charge >= 0.3 is 6.01 Å². The van der Waals surface area contributed by atoms with Gasteiger partial charge in [0.2, 0.25) is 0 Å². The van der Waals surface area contributed by atoms with Crippen molar-refractivity contribution in [2.24, 2.45) is 0 Å². The van der Waals surface area contributed by atoms with E-state index in [9.17, 15) is 9.18 Å². The third-order valence-corrected chi connectivity index (χ3v) is 4.27. The molecule has 0 radical (unpaired) electrons. The Hall–Kier alpha value is -2.70. The maximum absolute atomic E-state index is 12.8. The summed E-state index contributed by atoms with van der Waals surface area (Å²) in [6, 6.07) is 7.90. The molecule has 3 rings (SSSR count). The monoisotopic (exact) mass is 359 g/mol. The number of amides is 1. The average molecular weight is 359 g/mol. The molecule has 1 aromatic heterocycles. The van der Waals surface area contributed by atoms with Crippen LogP contribution in [0.15, 0.2) is 36.7 Å². The Labute approximate surface area is 151 Å². The van der Waals surface area contributed by atoms with E-state index < -0.39 is 5.82 Å². The molecular formula is C19H22FN3O3. The quantitative estimate of drug-likeness (QED) is 0.859. The van der Waals surface area contributed by atoms with Gasteiger partial charge in [-0.05, 0) is 50.3 Å². The van der Waals surface area contributed by atoms with Crippen LogP contribution in [0, 0.1) is 12.7 Å². The fourth-order valence-corrected chi connectivity index (χ4v) is 2.96. The van der Waals surface area contributed by atoms with Crippen molar-refractivity contribution < 1.29 is 18.7 Å². The van der Waals surface area contributed by atoms with E-state index in [0.29, 0.717) is 5.75 Å². The number of halogens is 1. The summed E-state index contributed by atoms with van der Waals surface area (Å²) in [5.41, 5.74) is 1.09. The molecule has 1 N–H and O–H groups in total. The van der Waals surface area contributed by atoms with E-state index in [0.717, 1.165) is 43.6 Å². The lowest BCUT2D eigenvalue weighted by atomic mass is 9.93. The number of carbonyl (C=O) groups excluding carboxylic acids is 1. The van der Waals surface area contributed by atoms with E-state index in [2.05, 4.69) is 15.3 Å². The van der Waals surface area contributed by atoms with Crippen molar-refractivity contribution in [1.82, 2.24) is 15.3 Å². The first-order valence-electron chi connectivity index (χ1n) is 8.71. The number of aryl methyl sites for hydroxylation is 1. The number of benzene rings is 1. The lowest BCUT2D eigenvalue weighted by Crippen LogP contribution is -2.41. The predicted molar refractivity (Wildman–Crippen MR) is 93.5 cm³/mol. The maximum Gasteiger partial charge on any atom is 0.316 e. The molecule has 1 aliphatic rings. The van der Waals surface area contributed by atoms with Crippen molar-refractivity contribution >= 4 is 5.91 Å². The normalized spacial score (nSPS) is 19.6. The second-order valence-electron chi connectivity index (χ2n) is 6.45. The molecule has 1 saturated carbocycles. The molecule has 0 bridgehead atoms. The highest BCUT2D eigenvalue weighted by atomic mass is 19.1. The SMILES string of the molecule is Cc1cccc(OCC(=O)NC2CCC(Oc3ncc(F)cn3)CC2)c1. The molecule has 1 heterocycles. The van der Waals surface area contributed by atoms with E-state index >= 15 is 0 Å². The van der Waals surface area contributed by atoms with Gasteiger partial charge in [-0.15, -0.1) is 0 Å². The minimum Gasteiger partial charge on any atom is -0.484 e. The summed E-state index contributed by atoms with van der Waals surface area (Å²) < 4.78 is 24.0. The Bertz CT molecular complexity index is 731. The van der Waals surface area contributed by atoms with Crippen LogP contribution in [0.3, 0.4) is 0 Å². The molecule has 7 heteroatoms. The highest BCUT2D eigenvalue weighted by Gasteiger charge is 2.24. The summed E-state index contributed by atoms with van der Waals surface area (Å²) >= 11 is 0. The van der Waals surface area contributed by atoms with Crippen LogP contribution in [-0.2, 0) is 4.79 Å². The highest BCUT2D eigenvalue weighted by molar-refractivity contribution is 5.77. The Kier molecular flexibility index (Phi) is 5.99. The van der Waals surface area contributed by atoms with Crippen LogP contribution in [0.5, 0.6) is 11.8 Å². The Morgan fingerprint density at radius 2 is 1.96 bits per heavy atom. The maximum atomic E-state index is 12.8. The van der Waals surface area contributed by atoms with Crippen LogP contribution in [-0.4, -0.2) is 34.6 Å². The van der Waals surface area contributed by atoms with Crippen molar-refractivity contribution in [1.29, 1.82) is 0 Å². The van der Waals surface area contributed by atoms with Crippen molar-refractivity contribution in [2.75, 3.05) is 6.61 Å². The molecule has 1 aromatic carbocycles. The highest BCUT2D eigenvalue weighted by Crippen LogP contribution is 2.22. The minimum absolute atomic E-state index is 0.00328. The third kappa shape index (κ3) is 5.40. The molecule has 0 saturated heterocycles. The first kappa shape index (κ1) is 18.1. The number of hydrogen-bond acceptors (Lipinski definition) is 5. The topological polar surface area (TPSA) is 73.3 Å². The number of nitrogens with zero attached hydrogens (tertiary/aromatic N) is 2. The van der Waals surface area contributed by atoms with E-state index in [-0.39, 0.29) is 30.7 Å². The smallest absolute Gasteiger partial charge is 0.316 e. The molecule has 0 unspecified atom stereocenters. The lowest BCUT2D eigenvalue weighted by molar-refractivity contribution is -0.124. The molecule has 138 valence electrons. The minimum atomic E-state index is -0.489. The van der Waals surface area contributed by atoms with Crippen LogP contribution in [0.2, 0.25) is 0 Å². The Morgan fingerprint density at radius 3 is 2.65 bits per heavy atom. The molecule has 0 spiro atoms. The second-order valence-corrected chi connectivity index (χ2v) is 6.45. The van der Waals surface area contributed by atoms with Gasteiger partial charge in [0.1, 0.15) is 11.9 Å². The van der Waals surface area contributed by atoms with E-state index in [4.69, 9.17) is 9.47 Å². The summed E-state index contributed by atoms with van der Waals surface area (Å²) in [6.45, 7) is 1.98. The molecule has 0 aliphatic heterocycles. The van der Waals surface area contributed by atoms with Crippen LogP contribution < -0.4 is 14.8 Å². The van der Waals surface area contributed by atoms with Crippen LogP contribution in [0.25, 0.3) is 0 Å². The Morgan fingerprint density at radius 1 is 1.23 bits per heavy atom. The molecule has 26 heavy (non-hydrogen) atoms. The van der Waals surface area contributed by atoms with Gasteiger partial charge in [-0.2, -0.15) is 0 Å². The van der Waals surface area contributed by atoms with Gasteiger partial charge in [0.25, 0.3) is 5.91 Å². The van der Waals surface area contributed by atoms with Gasteiger partial charge < -0.3 is 14.8 Å². The van der Waals surface area contributed by atoms with E-state index in [1.165, 1.54) is 0 Å². The van der Waals surface area contributed by atoms with Crippen molar-refractivity contribution in [3.8, 4) is 11.8 Å². The molecular weight excluding hydrogens is 337 g/mol. The summed E-state index contributed by atoms with van der Waals surface area (Å²) in [4.78, 5) is 19.7. The molecule has 1 amide bonds. The number of aromatic nitrogens is 2. The van der Waals surface area contributed by atoms with Crippen molar-refractivity contribution in [3.63, 3.8) is 0 Å². The Balaban J connectivity index is 1.38. The zero-order valence-electron chi connectivity index (χ0n) is 14.7. The number of ether oxygens (including phenoxy) is 2. The van der Waals surface area contributed by atoms with Gasteiger partial charge in [-0.3, -0.25) is 4.79 Å². The summed E-state index contributed by atoms with van der Waals surface area (Å²) in [5.74, 6) is 0.0750. The van der Waals surface area contributed by atoms with E-state index in [1.807, 2.05) is 31.2 Å². The largest absolute Gasteiger partial charge is 0.484 e. The molecule has 6 nitrogen and oxygen atoms in total. The predicted octanol–water partition coefficient (Wildman–Crippen LogP) is 2.81. The molecule has 2 aromatic rings. The molecule has 1 aliphatic carbocycles. The second kappa shape index (κ2) is 8.60. The number of carbonyl (C=O) groups is 1. The fourth-order valence-electron chi connectivity index (χ4n) is 2.96. The van der Waals surface area contributed by atoms with Crippen molar-refractivity contribution in [3.05, 3.63) is 48.0 Å². The fraction of sp³-hybridized carbons (Fsp3) is 0.421. The standard InChI is InChI=1S/C19H22FN3O3/c1-13-3-2-4-17(9-13)25-12-18(24)23-15-5-7-16(8-6-15)26-19-21-10-14(20)11-22-19/h2-4,9-11,15-16H,5-8,12H2,1H3,(H,23,24). The number of nitrogens with one attached hydrogen (secondary N) is 1. The molecule has 0 atom stereocenters. The third-order valence-electron chi connectivity index (χ3n) is 4.27. The van der Waals surface area contributed by atoms with E-state index in [1.54, 1.807) is 0 Å². The summed E-state index contributed by atoms with van der Waals surface area (Å²) in [7, 11) is 0. The van der Waals surface area contributed by atoms with Gasteiger partial charge in [-0.1, -0.05) is 12.1 Å². The van der Waals surface area contributed by atoms with Gasteiger partial charge in [0.05, 0.1) is 12.4 Å². The summed E-state index contributed by atoms with van der Waals surface area (Å²) in [5, 5.41) is 3.00. The lowest BCUT2D eigenvalue weighted by Gasteiger charge is -2.28. The van der Waals surface area contributed by atoms with Crippen LogP contribution in [0.1, 0.15) is 31.2 Å². The zero-order chi connectivity index (χ0) is 18.4. The van der Waals surface area contributed by atoms with Gasteiger partial charge in [-0.25, -0.2) is 14.4 Å². The van der Waals surface area contributed by atoms with Crippen molar-refractivity contribution in [2.45, 2.75) is 44.8 Å².